The SMILES string of the molecule is COc1cc(N=Nc2ccc(S(=O)(=O)[O-])cc2)ccc1[N+]#N. The number of methoxy groups -OCH3 is 1. The van der Waals surface area contributed by atoms with E-state index in [0.717, 1.165) is 12.1 Å². The maximum absolute atomic E-state index is 10.8. The Morgan fingerprint density at radius 3 is 2.23 bits per heavy atom. The van der Waals surface area contributed by atoms with Crippen molar-refractivity contribution in [1.29, 1.82) is 5.39 Å². The fraction of sp³-hybridized carbons (Fsp3) is 0.0769. The van der Waals surface area contributed by atoms with Gasteiger partial charge in [0.2, 0.25) is 11.1 Å². The van der Waals surface area contributed by atoms with Gasteiger partial charge in [0, 0.05) is 12.1 Å². The van der Waals surface area contributed by atoms with Crippen LogP contribution < -0.4 is 4.74 Å². The van der Waals surface area contributed by atoms with E-state index in [1.165, 1.54) is 31.4 Å². The van der Waals surface area contributed by atoms with Crippen molar-refractivity contribution in [2.24, 2.45) is 10.2 Å². The highest BCUT2D eigenvalue weighted by Gasteiger charge is 2.14. The van der Waals surface area contributed by atoms with Gasteiger partial charge in [-0.15, -0.1) is 0 Å². The number of diazo groups is 1. The zero-order valence-corrected chi connectivity index (χ0v) is 12.2. The van der Waals surface area contributed by atoms with Gasteiger partial charge in [-0.25, -0.2) is 8.42 Å². The van der Waals surface area contributed by atoms with Gasteiger partial charge in [-0.05, 0) is 30.3 Å². The summed E-state index contributed by atoms with van der Waals surface area (Å²) in [6, 6.07) is 9.63. The van der Waals surface area contributed by atoms with Gasteiger partial charge < -0.3 is 9.29 Å². The van der Waals surface area contributed by atoms with Crippen molar-refractivity contribution >= 4 is 27.2 Å². The van der Waals surface area contributed by atoms with Crippen LogP contribution in [-0.4, -0.2) is 20.1 Å². The zero-order valence-electron chi connectivity index (χ0n) is 11.4. The van der Waals surface area contributed by atoms with Crippen LogP contribution in [0.4, 0.5) is 17.1 Å². The molecule has 8 nitrogen and oxygen atoms in total. The van der Waals surface area contributed by atoms with Crippen molar-refractivity contribution in [3.63, 3.8) is 0 Å². The first-order chi connectivity index (χ1) is 10.4. The van der Waals surface area contributed by atoms with Gasteiger partial charge in [0.05, 0.1) is 23.4 Å². The smallest absolute Gasteiger partial charge is 0.426 e. The van der Waals surface area contributed by atoms with E-state index < -0.39 is 10.1 Å². The van der Waals surface area contributed by atoms with Gasteiger partial charge in [-0.3, -0.25) is 0 Å². The van der Waals surface area contributed by atoms with Crippen LogP contribution in [0.5, 0.6) is 5.75 Å². The number of benzene rings is 2. The Bertz CT molecular complexity index is 855. The molecule has 0 saturated carbocycles. The molecule has 0 atom stereocenters. The van der Waals surface area contributed by atoms with Gasteiger partial charge in [0.15, 0.2) is 4.98 Å². The quantitative estimate of drug-likeness (QED) is 0.485. The van der Waals surface area contributed by atoms with Crippen molar-refractivity contribution in [3.05, 3.63) is 47.4 Å². The lowest BCUT2D eigenvalue weighted by molar-refractivity contribution is 0.417. The van der Waals surface area contributed by atoms with Crippen molar-refractivity contribution in [2.75, 3.05) is 7.11 Å². The van der Waals surface area contributed by atoms with Crippen LogP contribution in [0.1, 0.15) is 0 Å². The van der Waals surface area contributed by atoms with E-state index in [0.29, 0.717) is 17.1 Å². The number of azo groups is 1. The Morgan fingerprint density at radius 1 is 1.09 bits per heavy atom. The summed E-state index contributed by atoms with van der Waals surface area (Å²) in [6.45, 7) is 0. The highest BCUT2D eigenvalue weighted by Crippen LogP contribution is 2.32. The fourth-order valence-electron chi connectivity index (χ4n) is 1.61. The lowest BCUT2D eigenvalue weighted by atomic mass is 10.2. The largest absolute Gasteiger partial charge is 0.744 e. The number of nitrogens with zero attached hydrogens (tertiary/aromatic N) is 4. The van der Waals surface area contributed by atoms with Crippen molar-refractivity contribution in [2.45, 2.75) is 4.90 Å². The summed E-state index contributed by atoms with van der Waals surface area (Å²) in [5.41, 5.74) is 1.08. The summed E-state index contributed by atoms with van der Waals surface area (Å²) in [4.78, 5) is 2.72. The van der Waals surface area contributed by atoms with Crippen LogP contribution in [0.25, 0.3) is 4.98 Å². The molecule has 0 aliphatic rings. The van der Waals surface area contributed by atoms with Crippen LogP contribution >= 0.6 is 0 Å². The number of hydrogen-bond donors (Lipinski definition) is 0. The summed E-state index contributed by atoms with van der Waals surface area (Å²) in [7, 11) is -3.05. The molecule has 0 heterocycles. The molecule has 0 spiro atoms. The molecule has 0 amide bonds. The predicted octanol–water partition coefficient (Wildman–Crippen LogP) is 3.50. The maximum Gasteiger partial charge on any atom is 0.426 e. The molecule has 2 rings (SSSR count). The minimum absolute atomic E-state index is 0.256. The fourth-order valence-corrected chi connectivity index (χ4v) is 2.08. The van der Waals surface area contributed by atoms with E-state index in [4.69, 9.17) is 10.1 Å². The molecule has 0 radical (unpaired) electrons. The van der Waals surface area contributed by atoms with Gasteiger partial charge in [0.1, 0.15) is 10.1 Å². The topological polar surface area (TPSA) is 119 Å². The van der Waals surface area contributed by atoms with E-state index in [-0.39, 0.29) is 10.6 Å². The van der Waals surface area contributed by atoms with Crippen LogP contribution in [0.3, 0.4) is 0 Å². The minimum Gasteiger partial charge on any atom is -0.744 e. The second-order valence-electron chi connectivity index (χ2n) is 4.10. The molecule has 2 aromatic rings. The molecule has 0 unspecified atom stereocenters. The van der Waals surface area contributed by atoms with Crippen molar-refractivity contribution in [1.82, 2.24) is 0 Å². The first-order valence-corrected chi connectivity index (χ1v) is 7.35. The van der Waals surface area contributed by atoms with Crippen LogP contribution in [0.15, 0.2) is 57.6 Å². The van der Waals surface area contributed by atoms with E-state index in [2.05, 4.69) is 15.2 Å². The molecule has 0 aromatic heterocycles. The Hall–Kier alpha value is -2.83. The molecular weight excluding hydrogens is 308 g/mol. The Morgan fingerprint density at radius 2 is 1.68 bits per heavy atom. The molecule has 0 saturated heterocycles. The van der Waals surface area contributed by atoms with E-state index >= 15 is 0 Å². The van der Waals surface area contributed by atoms with Gasteiger partial charge in [-0.2, -0.15) is 10.2 Å². The number of rotatable bonds is 4. The monoisotopic (exact) mass is 318 g/mol. The van der Waals surface area contributed by atoms with Gasteiger partial charge in [-0.1, -0.05) is 0 Å². The Labute approximate surface area is 126 Å². The lowest BCUT2D eigenvalue weighted by Gasteiger charge is -2.05. The highest BCUT2D eigenvalue weighted by atomic mass is 32.2. The summed E-state index contributed by atoms with van der Waals surface area (Å²) in [5, 5.41) is 16.6. The van der Waals surface area contributed by atoms with Crippen LogP contribution in [0.2, 0.25) is 0 Å². The zero-order chi connectivity index (χ0) is 16.2. The van der Waals surface area contributed by atoms with E-state index in [1.54, 1.807) is 6.07 Å². The van der Waals surface area contributed by atoms with Gasteiger partial charge >= 0.3 is 5.69 Å². The third-order valence-electron chi connectivity index (χ3n) is 2.68. The van der Waals surface area contributed by atoms with E-state index in [9.17, 15) is 13.0 Å². The molecule has 0 N–H and O–H groups in total. The molecule has 0 bridgehead atoms. The Kier molecular flexibility index (Phi) is 4.45. The predicted molar refractivity (Wildman–Crippen MR) is 76.3 cm³/mol. The average molecular weight is 318 g/mol. The van der Waals surface area contributed by atoms with Gasteiger partial charge in [0.25, 0.3) is 0 Å². The molecule has 2 aromatic carbocycles. The second kappa shape index (κ2) is 6.30. The normalized spacial score (nSPS) is 11.3. The first kappa shape index (κ1) is 15.6. The third kappa shape index (κ3) is 3.63. The molecule has 0 aliphatic carbocycles. The standard InChI is InChI=1S/C13H10N4O4S/c1-21-13-8-10(4-7-12(13)15-14)17-16-9-2-5-11(6-3-9)22(18,19)20/h2-8H,1H3. The third-order valence-corrected chi connectivity index (χ3v) is 3.53. The lowest BCUT2D eigenvalue weighted by Crippen LogP contribution is -1.97. The van der Waals surface area contributed by atoms with Crippen molar-refractivity contribution < 1.29 is 17.7 Å². The number of hydrogen-bond acceptors (Lipinski definition) is 7. The molecule has 112 valence electrons. The van der Waals surface area contributed by atoms with E-state index in [1.807, 2.05) is 0 Å². The van der Waals surface area contributed by atoms with Crippen LogP contribution in [-0.2, 0) is 10.1 Å². The summed E-state index contributed by atoms with van der Waals surface area (Å²) >= 11 is 0. The number of ether oxygens (including phenoxy) is 1. The molecular formula is C13H10N4O4S. The Balaban J connectivity index is 2.24. The summed E-state index contributed by atoms with van der Waals surface area (Å²) < 4.78 is 37.4. The second-order valence-corrected chi connectivity index (χ2v) is 5.48. The molecule has 0 aliphatic heterocycles. The first-order valence-electron chi connectivity index (χ1n) is 5.95. The van der Waals surface area contributed by atoms with Crippen LogP contribution in [0, 0.1) is 5.39 Å². The molecule has 22 heavy (non-hydrogen) atoms. The highest BCUT2D eigenvalue weighted by molar-refractivity contribution is 7.85. The summed E-state index contributed by atoms with van der Waals surface area (Å²) in [6.07, 6.45) is 0. The maximum atomic E-state index is 10.8. The minimum atomic E-state index is -4.48. The average Bonchev–Trinajstić information content (AvgIpc) is 2.52. The molecule has 9 heteroatoms. The summed E-state index contributed by atoms with van der Waals surface area (Å²) in [5.74, 6) is 0.326. The molecule has 0 fully saturated rings. The van der Waals surface area contributed by atoms with Crippen molar-refractivity contribution in [3.8, 4) is 5.75 Å².